The van der Waals surface area contributed by atoms with E-state index in [2.05, 4.69) is 11.8 Å². The number of carboxylic acid groups (broad SMARTS) is 1. The lowest BCUT2D eigenvalue weighted by Gasteiger charge is -2.23. The molecule has 0 aliphatic heterocycles. The highest BCUT2D eigenvalue weighted by Gasteiger charge is 2.33. The minimum atomic E-state index is -4.27. The summed E-state index contributed by atoms with van der Waals surface area (Å²) in [7, 11) is -2.69. The smallest absolute Gasteiger partial charge is 0.422 e. The summed E-state index contributed by atoms with van der Waals surface area (Å²) in [6.45, 7) is 7.05. The van der Waals surface area contributed by atoms with Crippen LogP contribution in [-0.2, 0) is 10.0 Å². The van der Waals surface area contributed by atoms with E-state index in [0.29, 0.717) is 4.31 Å². The van der Waals surface area contributed by atoms with Crippen LogP contribution in [0.4, 0.5) is 4.79 Å². The Hall–Kier alpha value is -2.98. The molecule has 29 heavy (non-hydrogen) atoms. The van der Waals surface area contributed by atoms with Gasteiger partial charge >= 0.3 is 6.09 Å². The molecule has 1 unspecified atom stereocenters. The van der Waals surface area contributed by atoms with Gasteiger partial charge in [-0.25, -0.2) is 13.2 Å². The number of ether oxygens (including phenoxy) is 1. The zero-order chi connectivity index (χ0) is 21.8. The van der Waals surface area contributed by atoms with E-state index >= 15 is 0 Å². The third kappa shape index (κ3) is 5.52. The number of methoxy groups -OCH3 is 1. The number of benzene rings is 2. The van der Waals surface area contributed by atoms with Gasteiger partial charge in [-0.2, -0.15) is 4.31 Å². The predicted octanol–water partition coefficient (Wildman–Crippen LogP) is 4.47. The van der Waals surface area contributed by atoms with Crippen molar-refractivity contribution in [2.24, 2.45) is 5.41 Å². The first-order valence-electron chi connectivity index (χ1n) is 9.00. The number of nitrogens with zero attached hydrogens (tertiary/aromatic N) is 1. The van der Waals surface area contributed by atoms with Gasteiger partial charge in [-0.15, -0.1) is 0 Å². The molecule has 0 aliphatic rings. The van der Waals surface area contributed by atoms with Crippen LogP contribution in [-0.4, -0.2) is 37.1 Å². The van der Waals surface area contributed by atoms with Crippen LogP contribution in [0.2, 0.25) is 0 Å². The molecule has 1 N–H and O–H groups in total. The molecule has 2 aromatic carbocycles. The van der Waals surface area contributed by atoms with Gasteiger partial charge in [0.2, 0.25) is 0 Å². The Morgan fingerprint density at radius 1 is 1.03 bits per heavy atom. The quantitative estimate of drug-likeness (QED) is 0.729. The molecule has 0 radical (unpaired) electrons. The minimum Gasteiger partial charge on any atom is -0.497 e. The van der Waals surface area contributed by atoms with E-state index in [1.165, 1.54) is 19.1 Å². The third-order valence-electron chi connectivity index (χ3n) is 4.03. The van der Waals surface area contributed by atoms with E-state index in [9.17, 15) is 18.3 Å². The second-order valence-electron chi connectivity index (χ2n) is 7.53. The van der Waals surface area contributed by atoms with Crippen molar-refractivity contribution in [3.63, 3.8) is 0 Å². The molecule has 0 bridgehead atoms. The molecule has 0 aromatic heterocycles. The predicted molar refractivity (Wildman–Crippen MR) is 112 cm³/mol. The van der Waals surface area contributed by atoms with Crippen molar-refractivity contribution in [2.75, 3.05) is 7.11 Å². The van der Waals surface area contributed by atoms with E-state index in [1.807, 2.05) is 45.0 Å². The Morgan fingerprint density at radius 3 is 1.93 bits per heavy atom. The standard InChI is InChI=1S/C22H25NO5S/c1-16(14-15-22(2,3)4)23(21(24)25)29(26,27)20-12-8-18(9-13-20)17-6-10-19(28-5)11-7-17/h6-13,16H,1-5H3,(H,24,25). The highest BCUT2D eigenvalue weighted by atomic mass is 32.2. The minimum absolute atomic E-state index is 0.110. The molecular weight excluding hydrogens is 390 g/mol. The largest absolute Gasteiger partial charge is 0.497 e. The van der Waals surface area contributed by atoms with Crippen LogP contribution in [0, 0.1) is 17.3 Å². The number of rotatable bonds is 5. The third-order valence-corrected chi connectivity index (χ3v) is 5.89. The summed E-state index contributed by atoms with van der Waals surface area (Å²) in [5, 5.41) is 9.52. The van der Waals surface area contributed by atoms with Gasteiger partial charge in [0.15, 0.2) is 0 Å². The van der Waals surface area contributed by atoms with Crippen molar-refractivity contribution in [1.29, 1.82) is 0 Å². The number of hydrogen-bond acceptors (Lipinski definition) is 4. The van der Waals surface area contributed by atoms with Gasteiger partial charge in [0.25, 0.3) is 10.0 Å². The molecule has 0 heterocycles. The summed E-state index contributed by atoms with van der Waals surface area (Å²) in [6.07, 6.45) is -1.57. The van der Waals surface area contributed by atoms with Gasteiger partial charge < -0.3 is 9.84 Å². The van der Waals surface area contributed by atoms with Crippen molar-refractivity contribution in [3.8, 4) is 28.7 Å². The normalized spacial score (nSPS) is 12.4. The molecule has 6 nitrogen and oxygen atoms in total. The Morgan fingerprint density at radius 2 is 1.52 bits per heavy atom. The van der Waals surface area contributed by atoms with Crippen molar-refractivity contribution < 1.29 is 23.1 Å². The molecule has 0 spiro atoms. The Kier molecular flexibility index (Phi) is 6.60. The molecule has 7 heteroatoms. The van der Waals surface area contributed by atoms with Crippen LogP contribution >= 0.6 is 0 Å². The maximum atomic E-state index is 12.9. The molecule has 2 rings (SSSR count). The van der Waals surface area contributed by atoms with E-state index in [-0.39, 0.29) is 10.3 Å². The van der Waals surface area contributed by atoms with Crippen molar-refractivity contribution in [2.45, 2.75) is 38.6 Å². The van der Waals surface area contributed by atoms with Crippen LogP contribution in [0.25, 0.3) is 11.1 Å². The number of carbonyl (C=O) groups is 1. The monoisotopic (exact) mass is 415 g/mol. The maximum Gasteiger partial charge on any atom is 0.422 e. The Bertz CT molecular complexity index is 1020. The second-order valence-corrected chi connectivity index (χ2v) is 9.35. The molecule has 154 valence electrons. The summed E-state index contributed by atoms with van der Waals surface area (Å²) in [5.41, 5.74) is 1.31. The number of hydrogen-bond donors (Lipinski definition) is 1. The molecule has 0 fully saturated rings. The zero-order valence-corrected chi connectivity index (χ0v) is 17.9. The first-order valence-corrected chi connectivity index (χ1v) is 10.4. The lowest BCUT2D eigenvalue weighted by Crippen LogP contribution is -2.41. The van der Waals surface area contributed by atoms with Crippen LogP contribution in [0.1, 0.15) is 27.7 Å². The Balaban J connectivity index is 2.36. The highest BCUT2D eigenvalue weighted by Crippen LogP contribution is 2.25. The topological polar surface area (TPSA) is 83.9 Å². The summed E-state index contributed by atoms with van der Waals surface area (Å²) in [6, 6.07) is 12.4. The van der Waals surface area contributed by atoms with Crippen LogP contribution in [0.15, 0.2) is 53.4 Å². The lowest BCUT2D eigenvalue weighted by molar-refractivity contribution is 0.168. The maximum absolute atomic E-state index is 12.9. The van der Waals surface area contributed by atoms with Gasteiger partial charge in [0.05, 0.1) is 12.0 Å². The second kappa shape index (κ2) is 8.58. The summed E-state index contributed by atoms with van der Waals surface area (Å²) < 4.78 is 31.4. The highest BCUT2D eigenvalue weighted by molar-refractivity contribution is 7.89. The van der Waals surface area contributed by atoms with Gasteiger partial charge in [-0.3, -0.25) is 0 Å². The molecule has 2 aromatic rings. The van der Waals surface area contributed by atoms with E-state index in [0.717, 1.165) is 16.9 Å². The van der Waals surface area contributed by atoms with Crippen LogP contribution in [0.3, 0.4) is 0 Å². The molecular formula is C22H25NO5S. The first kappa shape index (κ1) is 22.3. The summed E-state index contributed by atoms with van der Waals surface area (Å²) in [5.74, 6) is 6.34. The Labute approximate surface area is 172 Å². The summed E-state index contributed by atoms with van der Waals surface area (Å²) in [4.78, 5) is 11.6. The average Bonchev–Trinajstić information content (AvgIpc) is 2.65. The fourth-order valence-electron chi connectivity index (χ4n) is 2.57. The molecule has 0 saturated heterocycles. The SMILES string of the molecule is COc1ccc(-c2ccc(S(=O)(=O)N(C(=O)O)C(C)C#CC(C)(C)C)cc2)cc1. The lowest BCUT2D eigenvalue weighted by atomic mass is 9.97. The molecule has 0 aliphatic carbocycles. The molecule has 0 saturated carbocycles. The zero-order valence-electron chi connectivity index (χ0n) is 17.1. The van der Waals surface area contributed by atoms with Crippen molar-refractivity contribution >= 4 is 16.1 Å². The number of amides is 1. The van der Waals surface area contributed by atoms with Crippen LogP contribution < -0.4 is 4.74 Å². The van der Waals surface area contributed by atoms with Gasteiger partial charge in [0, 0.05) is 5.41 Å². The molecule has 1 amide bonds. The summed E-state index contributed by atoms with van der Waals surface area (Å²) >= 11 is 0. The molecule has 1 atom stereocenters. The van der Waals surface area contributed by atoms with Gasteiger partial charge in [-0.1, -0.05) is 36.1 Å². The van der Waals surface area contributed by atoms with Gasteiger partial charge in [-0.05, 0) is 63.1 Å². The fourth-order valence-corrected chi connectivity index (χ4v) is 3.95. The van der Waals surface area contributed by atoms with E-state index < -0.39 is 22.2 Å². The van der Waals surface area contributed by atoms with Crippen LogP contribution in [0.5, 0.6) is 5.75 Å². The average molecular weight is 416 g/mol. The van der Waals surface area contributed by atoms with Gasteiger partial charge in [0.1, 0.15) is 11.8 Å². The van der Waals surface area contributed by atoms with Crippen molar-refractivity contribution in [3.05, 3.63) is 48.5 Å². The van der Waals surface area contributed by atoms with E-state index in [4.69, 9.17) is 4.74 Å². The first-order chi connectivity index (χ1) is 13.5. The fraction of sp³-hybridized carbons (Fsp3) is 0.318. The van der Waals surface area contributed by atoms with E-state index in [1.54, 1.807) is 19.2 Å². The van der Waals surface area contributed by atoms with Crippen molar-refractivity contribution in [1.82, 2.24) is 4.31 Å². The number of sulfonamides is 1.